The van der Waals surface area contributed by atoms with E-state index in [1.54, 1.807) is 24.3 Å². The van der Waals surface area contributed by atoms with E-state index in [1.165, 1.54) is 24.3 Å². The first-order valence-corrected chi connectivity index (χ1v) is 28.2. The summed E-state index contributed by atoms with van der Waals surface area (Å²) in [7, 11) is -7.23. The minimum Gasteiger partial charge on any atom is -0.204 e. The lowest BCUT2D eigenvalue weighted by atomic mass is 9.89. The van der Waals surface area contributed by atoms with Crippen LogP contribution in [0.25, 0.3) is 43.1 Å². The lowest BCUT2D eigenvalue weighted by Gasteiger charge is -2.37. The smallest absolute Gasteiger partial charge is 0.159 e. The summed E-state index contributed by atoms with van der Waals surface area (Å²) >= 11 is 0. The second-order valence-corrected chi connectivity index (χ2v) is 26.5. The first-order valence-electron chi connectivity index (χ1n) is 22.8. The van der Waals surface area contributed by atoms with Crippen LogP contribution in [0.1, 0.15) is 44.5 Å². The third kappa shape index (κ3) is 8.04. The van der Waals surface area contributed by atoms with Crippen molar-refractivity contribution in [3.05, 3.63) is 285 Å². The first-order chi connectivity index (χ1) is 33.8. The van der Waals surface area contributed by atoms with Crippen LogP contribution in [0.5, 0.6) is 0 Å². The summed E-state index contributed by atoms with van der Waals surface area (Å²) < 4.78 is 124. The molecule has 8 aromatic rings. The molecule has 0 radical (unpaired) electrons. The fourth-order valence-corrected chi connectivity index (χ4v) is 22.8. The Morgan fingerprint density at radius 1 is 0.243 bits per heavy atom. The Morgan fingerprint density at radius 2 is 0.443 bits per heavy atom. The monoisotopic (exact) mass is 970 g/mol. The molecule has 0 N–H and O–H groups in total. The Balaban J connectivity index is 1.33. The summed E-state index contributed by atoms with van der Waals surface area (Å²) in [5.41, 5.74) is 7.48. The maximum absolute atomic E-state index is 15.8. The van der Waals surface area contributed by atoms with Gasteiger partial charge >= 0.3 is 0 Å². The van der Waals surface area contributed by atoms with E-state index in [9.17, 15) is 0 Å². The Hall–Kier alpha value is -7.41. The highest BCUT2D eigenvalue weighted by Crippen LogP contribution is 2.62. The number of rotatable bonds is 11. The third-order valence-corrected chi connectivity index (χ3v) is 23.5. The van der Waals surface area contributed by atoms with E-state index >= 15 is 35.1 Å². The standard InChI is InChI=1S/C60H42F8Si2/c1-69(57(41-23-27-45(61)49(65)33-41)53(37-15-7-3-8-16-37)54(38-17-9-4-10-18-38)58(69)42-24-28-46(62)50(66)34-42)31-32-70(2)59(43-25-29-47(63)51(67)35-43)55(39-19-11-5-12-20-39)56(40-21-13-6-14-22-40)60(70)44-26-30-48(64)52(68)36-44/h3-30,33-36H,31-32H2,1-2H3. The number of halogens is 8. The van der Waals surface area contributed by atoms with E-state index in [-0.39, 0.29) is 0 Å². The van der Waals surface area contributed by atoms with Crippen LogP contribution >= 0.6 is 0 Å². The van der Waals surface area contributed by atoms with Gasteiger partial charge in [0, 0.05) is 0 Å². The lowest BCUT2D eigenvalue weighted by Crippen LogP contribution is -2.39. The van der Waals surface area contributed by atoms with Crippen LogP contribution in [0, 0.1) is 46.5 Å². The molecule has 0 spiro atoms. The highest BCUT2D eigenvalue weighted by atomic mass is 28.3. The molecule has 10 rings (SSSR count). The molecule has 70 heavy (non-hydrogen) atoms. The van der Waals surface area contributed by atoms with Crippen molar-refractivity contribution in [1.82, 2.24) is 0 Å². The first kappa shape index (κ1) is 46.3. The van der Waals surface area contributed by atoms with Crippen molar-refractivity contribution in [2.75, 3.05) is 0 Å². The van der Waals surface area contributed by atoms with Crippen molar-refractivity contribution in [2.45, 2.75) is 25.2 Å². The number of hydrogen-bond acceptors (Lipinski definition) is 0. The van der Waals surface area contributed by atoms with Crippen molar-refractivity contribution in [3.63, 3.8) is 0 Å². The molecule has 0 unspecified atom stereocenters. The second kappa shape index (κ2) is 18.5. The van der Waals surface area contributed by atoms with Crippen LogP contribution in [-0.2, 0) is 0 Å². The molecular formula is C60H42F8Si2. The second-order valence-electron chi connectivity index (χ2n) is 18.1. The summed E-state index contributed by atoms with van der Waals surface area (Å²) in [5.74, 6) is -8.44. The molecule has 0 saturated heterocycles. The molecule has 2 aliphatic heterocycles. The van der Waals surface area contributed by atoms with E-state index in [0.717, 1.165) is 67.3 Å². The molecular weight excluding hydrogens is 929 g/mol. The largest absolute Gasteiger partial charge is 0.204 e. The van der Waals surface area contributed by atoms with E-state index in [0.29, 0.717) is 56.6 Å². The van der Waals surface area contributed by atoms with Crippen LogP contribution in [0.4, 0.5) is 35.1 Å². The van der Waals surface area contributed by atoms with Gasteiger partial charge < -0.3 is 0 Å². The van der Waals surface area contributed by atoms with E-state index in [4.69, 9.17) is 0 Å². The van der Waals surface area contributed by atoms with Crippen LogP contribution in [-0.4, -0.2) is 16.1 Å². The summed E-state index contributed by atoms with van der Waals surface area (Å²) in [4.78, 5) is 0. The minimum atomic E-state index is -3.61. The van der Waals surface area contributed by atoms with Gasteiger partial charge in [-0.25, -0.2) is 35.1 Å². The summed E-state index contributed by atoms with van der Waals surface area (Å²) in [6.45, 7) is 4.20. The van der Waals surface area contributed by atoms with Gasteiger partial charge in [0.2, 0.25) is 0 Å². The van der Waals surface area contributed by atoms with Gasteiger partial charge in [-0.2, -0.15) is 0 Å². The van der Waals surface area contributed by atoms with Gasteiger partial charge in [-0.05, 0) is 136 Å². The molecule has 0 aliphatic carbocycles. The quantitative estimate of drug-likeness (QED) is 0.0895. The molecule has 0 aromatic heterocycles. The van der Waals surface area contributed by atoms with Crippen molar-refractivity contribution < 1.29 is 35.1 Å². The normalized spacial score (nSPS) is 15.4. The van der Waals surface area contributed by atoms with Gasteiger partial charge in [0.05, 0.1) is 0 Å². The third-order valence-electron chi connectivity index (χ3n) is 13.9. The predicted octanol–water partition coefficient (Wildman–Crippen LogP) is 16.9. The van der Waals surface area contributed by atoms with Crippen LogP contribution in [0.15, 0.2) is 194 Å². The molecule has 0 fully saturated rings. The molecule has 0 bridgehead atoms. The van der Waals surface area contributed by atoms with Crippen molar-refractivity contribution in [1.29, 1.82) is 0 Å². The van der Waals surface area contributed by atoms with Gasteiger partial charge in [0.1, 0.15) is 16.1 Å². The lowest BCUT2D eigenvalue weighted by molar-refractivity contribution is 0.508. The van der Waals surface area contributed by atoms with Gasteiger partial charge in [-0.15, -0.1) is 0 Å². The average molecular weight is 971 g/mol. The van der Waals surface area contributed by atoms with Gasteiger partial charge in [0.15, 0.2) is 46.5 Å². The summed E-state index contributed by atoms with van der Waals surface area (Å²) in [6, 6.07) is 53.9. The van der Waals surface area contributed by atoms with E-state index in [2.05, 4.69) is 13.1 Å². The van der Waals surface area contributed by atoms with Crippen molar-refractivity contribution in [2.24, 2.45) is 0 Å². The SMILES string of the molecule is C[Si]1(CC[Si]2(C)C(c3ccc(F)c(F)c3)=C(c3ccccc3)C(c3ccccc3)=C2c2ccc(F)c(F)c2)C(c2ccc(F)c(F)c2)=C(c2ccccc2)C(c2ccccc2)=C1c1ccc(F)c(F)c1. The van der Waals surface area contributed by atoms with Crippen LogP contribution in [0.3, 0.4) is 0 Å². The fraction of sp³-hybridized carbons (Fsp3) is 0.0667. The predicted molar refractivity (Wildman–Crippen MR) is 271 cm³/mol. The zero-order chi connectivity index (χ0) is 48.9. The van der Waals surface area contributed by atoms with Crippen molar-refractivity contribution >= 4 is 59.2 Å². The Labute approximate surface area is 403 Å². The minimum absolute atomic E-state index is 0.315. The molecule has 0 amide bonds. The topological polar surface area (TPSA) is 0 Å². The molecule has 10 heteroatoms. The van der Waals surface area contributed by atoms with Crippen LogP contribution < -0.4 is 0 Å². The summed E-state index contributed by atoms with van der Waals surface area (Å²) in [6.07, 6.45) is 0. The highest BCUT2D eigenvalue weighted by Gasteiger charge is 2.52. The highest BCUT2D eigenvalue weighted by molar-refractivity contribution is 7.17. The zero-order valence-corrected chi connectivity index (χ0v) is 39.9. The average Bonchev–Trinajstić information content (AvgIpc) is 3.81. The van der Waals surface area contributed by atoms with E-state index < -0.39 is 62.7 Å². The van der Waals surface area contributed by atoms with Gasteiger partial charge in [0.25, 0.3) is 0 Å². The van der Waals surface area contributed by atoms with Crippen molar-refractivity contribution in [3.8, 4) is 0 Å². The summed E-state index contributed by atoms with van der Waals surface area (Å²) in [5, 5.41) is 2.87. The molecule has 346 valence electrons. The van der Waals surface area contributed by atoms with Gasteiger partial charge in [-0.1, -0.05) is 171 Å². The molecule has 2 aliphatic rings. The van der Waals surface area contributed by atoms with Crippen LogP contribution in [0.2, 0.25) is 25.2 Å². The number of hydrogen-bond donors (Lipinski definition) is 0. The molecule has 2 heterocycles. The van der Waals surface area contributed by atoms with E-state index in [1.807, 2.05) is 121 Å². The number of allylic oxidation sites excluding steroid dienone is 4. The Bertz CT molecular complexity index is 3020. The fourth-order valence-electron chi connectivity index (χ4n) is 10.9. The Morgan fingerprint density at radius 3 is 0.629 bits per heavy atom. The Kier molecular flexibility index (Phi) is 12.2. The van der Waals surface area contributed by atoms with Gasteiger partial charge in [-0.3, -0.25) is 0 Å². The molecule has 0 nitrogen and oxygen atoms in total. The zero-order valence-electron chi connectivity index (χ0n) is 37.9. The maximum atomic E-state index is 15.8. The number of benzene rings is 8. The molecule has 0 saturated carbocycles. The maximum Gasteiger partial charge on any atom is 0.159 e. The molecule has 0 atom stereocenters. The molecule has 8 aromatic carbocycles.